The Bertz CT molecular complexity index is 1860. The minimum absolute atomic E-state index is 0.000665. The number of benzene rings is 2. The number of hydrogen-bond donors (Lipinski definition) is 10. The van der Waals surface area contributed by atoms with Crippen LogP contribution in [0.3, 0.4) is 0 Å². The second-order valence-electron chi connectivity index (χ2n) is 15.1. The van der Waals surface area contributed by atoms with Gasteiger partial charge in [0.05, 0.1) is 18.1 Å². The highest BCUT2D eigenvalue weighted by Gasteiger charge is 2.38. The molecule has 0 bridgehead atoms. The van der Waals surface area contributed by atoms with Gasteiger partial charge in [-0.1, -0.05) is 74.5 Å². The quantitative estimate of drug-likeness (QED) is 0.0368. The molecule has 4 rings (SSSR count). The number of aliphatic carboxylic acids is 1. The van der Waals surface area contributed by atoms with Crippen molar-refractivity contribution in [1.82, 2.24) is 41.5 Å². The number of H-pyrrole nitrogens is 1. The molecule has 318 valence electrons. The molecule has 18 nitrogen and oxygen atoms in total. The summed E-state index contributed by atoms with van der Waals surface area (Å²) in [6, 6.07) is 11.4. The molecule has 1 aromatic heterocycles. The third-order valence-corrected chi connectivity index (χ3v) is 9.91. The van der Waals surface area contributed by atoms with Crippen LogP contribution in [0.4, 0.5) is 0 Å². The van der Waals surface area contributed by atoms with Crippen molar-refractivity contribution < 1.29 is 33.9 Å². The van der Waals surface area contributed by atoms with E-state index in [-0.39, 0.29) is 56.4 Å². The number of nitrogens with zero attached hydrogens (tertiary/aromatic N) is 2. The summed E-state index contributed by atoms with van der Waals surface area (Å²) in [5.74, 6) is -4.72. The van der Waals surface area contributed by atoms with Crippen LogP contribution in [0, 0.1) is 11.3 Å². The van der Waals surface area contributed by atoms with Gasteiger partial charge in [0.1, 0.15) is 30.2 Å². The molecule has 5 amide bonds. The third kappa shape index (κ3) is 14.5. The van der Waals surface area contributed by atoms with Gasteiger partial charge >= 0.3 is 5.97 Å². The molecule has 59 heavy (non-hydrogen) atoms. The van der Waals surface area contributed by atoms with E-state index < -0.39 is 65.8 Å². The van der Waals surface area contributed by atoms with Crippen LogP contribution >= 0.6 is 0 Å². The lowest BCUT2D eigenvalue weighted by atomic mass is 10.0. The number of carbonyl (C=O) groups excluding carboxylic acids is 5. The van der Waals surface area contributed by atoms with E-state index in [0.29, 0.717) is 37.1 Å². The van der Waals surface area contributed by atoms with Crippen LogP contribution in [0.2, 0.25) is 0 Å². The maximum Gasteiger partial charge on any atom is 0.326 e. The molecule has 0 radical (unpaired) electrons. The molecule has 0 saturated carbocycles. The van der Waals surface area contributed by atoms with Gasteiger partial charge in [-0.15, -0.1) is 0 Å². The number of nitrogens with one attached hydrogen (secondary N) is 7. The smallest absolute Gasteiger partial charge is 0.326 e. The molecule has 1 aliphatic heterocycles. The number of rotatable bonds is 22. The second kappa shape index (κ2) is 22.6. The number of guanidine groups is 1. The lowest BCUT2D eigenvalue weighted by Crippen LogP contribution is -2.59. The number of imidazole rings is 1. The number of carboxylic acids is 1. The van der Waals surface area contributed by atoms with Crippen LogP contribution in [0.1, 0.15) is 62.8 Å². The largest absolute Gasteiger partial charge is 0.480 e. The number of nitrogens with two attached hydrogens (primary N) is 2. The van der Waals surface area contributed by atoms with Gasteiger partial charge in [-0.2, -0.15) is 0 Å². The maximum atomic E-state index is 14.1. The zero-order chi connectivity index (χ0) is 42.9. The summed E-state index contributed by atoms with van der Waals surface area (Å²) >= 11 is 0. The molecule has 1 fully saturated rings. The average Bonchev–Trinajstić information content (AvgIpc) is 3.91. The maximum absolute atomic E-state index is 14.1. The second-order valence-corrected chi connectivity index (χ2v) is 15.1. The summed E-state index contributed by atoms with van der Waals surface area (Å²) in [7, 11) is 0. The van der Waals surface area contributed by atoms with Crippen LogP contribution in [0.15, 0.2) is 73.2 Å². The summed E-state index contributed by atoms with van der Waals surface area (Å²) in [4.78, 5) is 89.8. The van der Waals surface area contributed by atoms with E-state index in [1.807, 2.05) is 44.2 Å². The van der Waals surface area contributed by atoms with Crippen molar-refractivity contribution >= 4 is 41.5 Å². The first kappa shape index (κ1) is 45.4. The van der Waals surface area contributed by atoms with E-state index >= 15 is 0 Å². The number of hydrogen-bond acceptors (Lipinski definition) is 9. The zero-order valence-electron chi connectivity index (χ0n) is 33.5. The van der Waals surface area contributed by atoms with E-state index in [0.717, 1.165) is 5.56 Å². The van der Waals surface area contributed by atoms with Gasteiger partial charge < -0.3 is 53.0 Å². The number of carbonyl (C=O) groups is 6. The molecule has 12 N–H and O–H groups in total. The Morgan fingerprint density at radius 1 is 0.847 bits per heavy atom. The minimum atomic E-state index is -1.30. The average molecular weight is 816 g/mol. The Morgan fingerprint density at radius 2 is 1.44 bits per heavy atom. The Morgan fingerprint density at radius 3 is 2.03 bits per heavy atom. The summed E-state index contributed by atoms with van der Waals surface area (Å²) in [5.41, 5.74) is 13.7. The summed E-state index contributed by atoms with van der Waals surface area (Å²) < 4.78 is 0. The summed E-state index contributed by atoms with van der Waals surface area (Å²) in [6.07, 6.45) is 4.61. The highest BCUT2D eigenvalue weighted by molar-refractivity contribution is 5.96. The van der Waals surface area contributed by atoms with Crippen molar-refractivity contribution in [3.05, 3.63) is 90.0 Å². The molecule has 6 atom stereocenters. The molecule has 18 heteroatoms. The molecule has 2 aromatic carbocycles. The number of amides is 5. The number of aromatic amines is 1. The van der Waals surface area contributed by atoms with Crippen LogP contribution < -0.4 is 38.1 Å². The predicted octanol–water partition coefficient (Wildman–Crippen LogP) is 0.0891. The van der Waals surface area contributed by atoms with Crippen molar-refractivity contribution in [2.24, 2.45) is 17.4 Å². The number of likely N-dealkylation sites (tertiary alicyclic amines) is 1. The first-order valence-corrected chi connectivity index (χ1v) is 19.9. The van der Waals surface area contributed by atoms with Gasteiger partial charge in [0, 0.05) is 32.1 Å². The summed E-state index contributed by atoms with van der Waals surface area (Å²) in [5, 5.41) is 30.9. The fourth-order valence-corrected chi connectivity index (χ4v) is 6.93. The SMILES string of the molecule is CC(C)C[C@H](NC(=O)[C@H](CCCNC(=N)N)NC(=O)[C@@H]1CCCN1C(=O)[C@@H](N)Cc1ccccc1)C(=O)N[C@@H](Cc1c[nH]cn1)C(=O)N[C@@H](Cc1ccccc1)C(=O)O. The zero-order valence-corrected chi connectivity index (χ0v) is 33.5. The fourth-order valence-electron chi connectivity index (χ4n) is 6.93. The Hall–Kier alpha value is -6.30. The first-order chi connectivity index (χ1) is 28.2. The van der Waals surface area contributed by atoms with Crippen molar-refractivity contribution in [3.8, 4) is 0 Å². The lowest BCUT2D eigenvalue weighted by molar-refractivity contribution is -0.142. The number of carboxylic acid groups (broad SMARTS) is 1. The van der Waals surface area contributed by atoms with Gasteiger partial charge in [0.2, 0.25) is 29.5 Å². The van der Waals surface area contributed by atoms with Crippen molar-refractivity contribution in [3.63, 3.8) is 0 Å². The molecule has 1 saturated heterocycles. The molecule has 0 spiro atoms. The molecule has 3 aromatic rings. The Labute approximate surface area is 343 Å². The fraction of sp³-hybridized carbons (Fsp3) is 0.463. The van der Waals surface area contributed by atoms with Crippen LogP contribution in [0.25, 0.3) is 0 Å². The van der Waals surface area contributed by atoms with Crippen molar-refractivity contribution in [2.45, 2.75) is 101 Å². The molecule has 0 aliphatic carbocycles. The third-order valence-electron chi connectivity index (χ3n) is 9.91. The molecule has 0 unspecified atom stereocenters. The molecular formula is C41H57N11O7. The summed E-state index contributed by atoms with van der Waals surface area (Å²) in [6.45, 7) is 4.24. The van der Waals surface area contributed by atoms with Gasteiger partial charge in [0.15, 0.2) is 5.96 Å². The van der Waals surface area contributed by atoms with Gasteiger partial charge in [-0.05, 0) is 55.6 Å². The van der Waals surface area contributed by atoms with E-state index in [9.17, 15) is 33.9 Å². The van der Waals surface area contributed by atoms with E-state index in [2.05, 4.69) is 36.6 Å². The van der Waals surface area contributed by atoms with E-state index in [1.165, 1.54) is 11.2 Å². The highest BCUT2D eigenvalue weighted by atomic mass is 16.4. The Balaban J connectivity index is 1.50. The predicted molar refractivity (Wildman–Crippen MR) is 219 cm³/mol. The van der Waals surface area contributed by atoms with Gasteiger partial charge in [-0.3, -0.25) is 29.4 Å². The minimum Gasteiger partial charge on any atom is -0.480 e. The van der Waals surface area contributed by atoms with Crippen LogP contribution in [-0.2, 0) is 48.0 Å². The highest BCUT2D eigenvalue weighted by Crippen LogP contribution is 2.20. The van der Waals surface area contributed by atoms with E-state index in [4.69, 9.17) is 16.9 Å². The van der Waals surface area contributed by atoms with Crippen LogP contribution in [-0.4, -0.2) is 111 Å². The van der Waals surface area contributed by atoms with Gasteiger partial charge in [0.25, 0.3) is 0 Å². The standard InChI is InChI=1S/C41H57N11O7/c1-25(2)19-31(36(54)50-32(22-28-23-45-24-47-28)37(55)51-33(40(58)59)21-27-13-7-4-8-14-27)49-35(53)30(15-9-17-46-41(43)44)48-38(56)34-16-10-18-52(34)39(57)29(42)20-26-11-5-3-6-12-26/h3-8,11-14,23-25,29-34H,9-10,15-22,42H2,1-2H3,(H,45,47)(H,48,56)(H,49,53)(H,50,54)(H,51,55)(H,58,59)(H4,43,44,46)/t29-,30-,31-,32-,33-,34-/m0/s1. The van der Waals surface area contributed by atoms with Crippen molar-refractivity contribution in [1.29, 1.82) is 5.41 Å². The van der Waals surface area contributed by atoms with Gasteiger partial charge in [-0.25, -0.2) is 9.78 Å². The lowest BCUT2D eigenvalue weighted by Gasteiger charge is -2.29. The van der Waals surface area contributed by atoms with Crippen LogP contribution in [0.5, 0.6) is 0 Å². The normalized spacial score (nSPS) is 16.2. The monoisotopic (exact) mass is 815 g/mol. The Kier molecular flexibility index (Phi) is 17.4. The molecule has 2 heterocycles. The van der Waals surface area contributed by atoms with E-state index in [1.54, 1.807) is 36.5 Å². The van der Waals surface area contributed by atoms with Crippen molar-refractivity contribution in [2.75, 3.05) is 13.1 Å². The number of aromatic nitrogens is 2. The topological polar surface area (TPSA) is 291 Å². The molecule has 1 aliphatic rings. The first-order valence-electron chi connectivity index (χ1n) is 19.9. The molecular weight excluding hydrogens is 759 g/mol.